The van der Waals surface area contributed by atoms with E-state index in [1.54, 1.807) is 0 Å². The number of rotatable bonds is 1. The van der Waals surface area contributed by atoms with Crippen LogP contribution in [0.1, 0.15) is 69.5 Å². The average Bonchev–Trinajstić information content (AvgIpc) is 2.30. The first kappa shape index (κ1) is 13.9. The molecule has 1 aromatic heterocycles. The highest BCUT2D eigenvalue weighted by Crippen LogP contribution is 2.69. The molecule has 3 heteroatoms. The van der Waals surface area contributed by atoms with Crippen LogP contribution in [0.15, 0.2) is 0 Å². The molecule has 4 bridgehead atoms. The zero-order valence-corrected chi connectivity index (χ0v) is 14.5. The first-order chi connectivity index (χ1) is 9.73. The van der Waals surface area contributed by atoms with Gasteiger partial charge in [0.25, 0.3) is 0 Å². The largest absolute Gasteiger partial charge is 0.347 e. The van der Waals surface area contributed by atoms with Crippen molar-refractivity contribution in [3.8, 4) is 0 Å². The monoisotopic (exact) mass is 302 g/mol. The Morgan fingerprint density at radius 1 is 1.05 bits per heavy atom. The maximum absolute atomic E-state index is 5.51. The summed E-state index contributed by atoms with van der Waals surface area (Å²) in [4.78, 5) is 8.48. The Kier molecular flexibility index (Phi) is 2.64. The lowest BCUT2D eigenvalue weighted by molar-refractivity contribution is -0.112. The van der Waals surface area contributed by atoms with Crippen LogP contribution >= 0.6 is 12.2 Å². The minimum atomic E-state index is 0.259. The predicted molar refractivity (Wildman–Crippen MR) is 88.0 cm³/mol. The number of nitrogens with one attached hydrogen (secondary N) is 1. The van der Waals surface area contributed by atoms with Crippen LogP contribution in [0.25, 0.3) is 0 Å². The molecule has 1 heterocycles. The Labute approximate surface area is 132 Å². The quantitative estimate of drug-likeness (QED) is 0.739. The minimum Gasteiger partial charge on any atom is -0.347 e. The fourth-order valence-corrected chi connectivity index (χ4v) is 6.85. The molecule has 1 N–H and O–H groups in total. The molecule has 2 unspecified atom stereocenters. The molecule has 5 rings (SSSR count). The van der Waals surface area contributed by atoms with Crippen molar-refractivity contribution in [2.45, 2.75) is 71.6 Å². The molecule has 0 saturated heterocycles. The van der Waals surface area contributed by atoms with E-state index in [4.69, 9.17) is 17.2 Å². The van der Waals surface area contributed by atoms with Crippen LogP contribution in [0.2, 0.25) is 0 Å². The van der Waals surface area contributed by atoms with Crippen molar-refractivity contribution in [3.63, 3.8) is 0 Å². The van der Waals surface area contributed by atoms with Crippen molar-refractivity contribution >= 4 is 12.2 Å². The molecular formula is C18H26N2S. The van der Waals surface area contributed by atoms with Crippen LogP contribution in [-0.4, -0.2) is 9.97 Å². The molecule has 4 aliphatic rings. The number of aromatic nitrogens is 2. The van der Waals surface area contributed by atoms with Crippen LogP contribution in [0.5, 0.6) is 0 Å². The van der Waals surface area contributed by atoms with Gasteiger partial charge < -0.3 is 4.98 Å². The van der Waals surface area contributed by atoms with Crippen molar-refractivity contribution in [2.24, 2.45) is 16.7 Å². The molecule has 2 atom stereocenters. The van der Waals surface area contributed by atoms with E-state index in [2.05, 4.69) is 32.7 Å². The lowest BCUT2D eigenvalue weighted by Gasteiger charge is -2.65. The van der Waals surface area contributed by atoms with Crippen LogP contribution in [0, 0.1) is 35.2 Å². The van der Waals surface area contributed by atoms with E-state index in [0.717, 1.165) is 16.1 Å². The summed E-state index contributed by atoms with van der Waals surface area (Å²) < 4.78 is 0.798. The van der Waals surface area contributed by atoms with Gasteiger partial charge in [0.05, 0.1) is 0 Å². The third-order valence-corrected chi connectivity index (χ3v) is 6.93. The first-order valence-corrected chi connectivity index (χ1v) is 8.72. The number of hydrogen-bond acceptors (Lipinski definition) is 2. The van der Waals surface area contributed by atoms with Gasteiger partial charge in [0, 0.05) is 16.7 Å². The number of hydrogen-bond donors (Lipinski definition) is 1. The summed E-state index contributed by atoms with van der Waals surface area (Å²) >= 11 is 5.51. The lowest BCUT2D eigenvalue weighted by Crippen LogP contribution is -2.57. The Bertz CT molecular complexity index is 656. The molecular weight excluding hydrogens is 276 g/mol. The van der Waals surface area contributed by atoms with E-state index in [0.29, 0.717) is 10.8 Å². The number of H-pyrrole nitrogens is 1. The highest BCUT2D eigenvalue weighted by molar-refractivity contribution is 7.71. The predicted octanol–water partition coefficient (Wildman–Crippen LogP) is 5.00. The van der Waals surface area contributed by atoms with Gasteiger partial charge in [0.2, 0.25) is 0 Å². The molecule has 21 heavy (non-hydrogen) atoms. The summed E-state index contributed by atoms with van der Waals surface area (Å²) in [7, 11) is 0. The van der Waals surface area contributed by atoms with Crippen molar-refractivity contribution in [3.05, 3.63) is 21.7 Å². The van der Waals surface area contributed by atoms with E-state index in [1.165, 1.54) is 50.0 Å². The molecule has 0 radical (unpaired) electrons. The molecule has 4 aliphatic carbocycles. The van der Waals surface area contributed by atoms with Gasteiger partial charge in [-0.25, -0.2) is 4.98 Å². The van der Waals surface area contributed by atoms with Crippen LogP contribution in [0.4, 0.5) is 0 Å². The summed E-state index contributed by atoms with van der Waals surface area (Å²) in [5.74, 6) is 2.08. The van der Waals surface area contributed by atoms with Crippen molar-refractivity contribution in [1.29, 1.82) is 0 Å². The van der Waals surface area contributed by atoms with E-state index in [-0.39, 0.29) is 5.41 Å². The van der Waals surface area contributed by atoms with Crippen molar-refractivity contribution < 1.29 is 0 Å². The smallest absolute Gasteiger partial charge is 0.132 e. The van der Waals surface area contributed by atoms with Gasteiger partial charge in [0.1, 0.15) is 10.5 Å². The van der Waals surface area contributed by atoms with Gasteiger partial charge in [-0.05, 0) is 69.1 Å². The first-order valence-electron chi connectivity index (χ1n) is 8.31. The Hall–Kier alpha value is -0.700. The molecule has 0 amide bonds. The second-order valence-electron chi connectivity index (χ2n) is 9.05. The van der Waals surface area contributed by atoms with E-state index in [1.807, 2.05) is 0 Å². The number of aryl methyl sites for hydroxylation is 1. The highest BCUT2D eigenvalue weighted by atomic mass is 32.1. The standard InChI is InChI=1S/C18H26N2S/c1-11-12(2)19-15(20-14(11)21)18-7-13-5-16(3,9-18)8-17(4,6-13)10-18/h13H,5-10H2,1-4H3,(H,19,20,21). The molecule has 4 saturated carbocycles. The van der Waals surface area contributed by atoms with Gasteiger partial charge in [-0.3, -0.25) is 0 Å². The van der Waals surface area contributed by atoms with E-state index >= 15 is 0 Å². The van der Waals surface area contributed by atoms with Gasteiger partial charge in [0.15, 0.2) is 0 Å². The van der Waals surface area contributed by atoms with Gasteiger partial charge in [-0.15, -0.1) is 0 Å². The Balaban J connectivity index is 1.86. The second kappa shape index (κ2) is 3.98. The Morgan fingerprint density at radius 3 is 2.19 bits per heavy atom. The highest BCUT2D eigenvalue weighted by Gasteiger charge is 2.61. The minimum absolute atomic E-state index is 0.259. The normalized spacial score (nSPS) is 44.3. The zero-order valence-electron chi connectivity index (χ0n) is 13.7. The summed E-state index contributed by atoms with van der Waals surface area (Å²) in [6.45, 7) is 9.24. The summed E-state index contributed by atoms with van der Waals surface area (Å²) in [5, 5.41) is 0. The molecule has 1 aromatic rings. The maximum atomic E-state index is 5.51. The van der Waals surface area contributed by atoms with E-state index in [9.17, 15) is 0 Å². The van der Waals surface area contributed by atoms with Crippen LogP contribution in [0.3, 0.4) is 0 Å². The summed E-state index contributed by atoms with van der Waals surface area (Å²) in [6.07, 6.45) is 8.17. The molecule has 0 spiro atoms. The topological polar surface area (TPSA) is 28.7 Å². The zero-order chi connectivity index (χ0) is 15.0. The van der Waals surface area contributed by atoms with Crippen LogP contribution < -0.4 is 0 Å². The molecule has 0 aromatic carbocycles. The van der Waals surface area contributed by atoms with Gasteiger partial charge >= 0.3 is 0 Å². The van der Waals surface area contributed by atoms with Gasteiger partial charge in [-0.1, -0.05) is 26.1 Å². The third-order valence-electron chi connectivity index (χ3n) is 6.53. The van der Waals surface area contributed by atoms with Gasteiger partial charge in [-0.2, -0.15) is 0 Å². The molecule has 4 fully saturated rings. The SMILES string of the molecule is Cc1[nH]c(C23CC4CC(C)(CC(C)(C4)C2)C3)nc(=S)c1C. The summed E-state index contributed by atoms with van der Waals surface area (Å²) in [6, 6.07) is 0. The molecule has 2 nitrogen and oxygen atoms in total. The van der Waals surface area contributed by atoms with Crippen LogP contribution in [-0.2, 0) is 5.41 Å². The lowest BCUT2D eigenvalue weighted by atomic mass is 9.40. The number of nitrogens with zero attached hydrogens (tertiary/aromatic N) is 1. The average molecular weight is 302 g/mol. The fourth-order valence-electron chi connectivity index (χ4n) is 6.61. The second-order valence-corrected chi connectivity index (χ2v) is 9.44. The molecule has 0 aliphatic heterocycles. The Morgan fingerprint density at radius 2 is 1.67 bits per heavy atom. The van der Waals surface area contributed by atoms with E-state index < -0.39 is 0 Å². The fraction of sp³-hybridized carbons (Fsp3) is 0.778. The number of aromatic amines is 1. The molecule has 114 valence electrons. The maximum Gasteiger partial charge on any atom is 0.132 e. The third kappa shape index (κ3) is 1.96. The van der Waals surface area contributed by atoms with Crippen molar-refractivity contribution in [1.82, 2.24) is 9.97 Å². The van der Waals surface area contributed by atoms with Crippen molar-refractivity contribution in [2.75, 3.05) is 0 Å². The summed E-state index contributed by atoms with van der Waals surface area (Å²) in [5.41, 5.74) is 3.63.